The quantitative estimate of drug-likeness (QED) is 0.409. The zero-order valence-corrected chi connectivity index (χ0v) is 20.1. The van der Waals surface area contributed by atoms with Crippen LogP contribution >= 0.6 is 11.3 Å². The van der Waals surface area contributed by atoms with Gasteiger partial charge in [0.1, 0.15) is 10.7 Å². The van der Waals surface area contributed by atoms with Crippen LogP contribution in [0, 0.1) is 5.92 Å². The molecule has 1 amide bonds. The predicted octanol–water partition coefficient (Wildman–Crippen LogP) is 3.67. The second kappa shape index (κ2) is 8.54. The molecule has 10 heteroatoms. The maximum atomic E-state index is 12.5. The van der Waals surface area contributed by atoms with E-state index >= 15 is 0 Å². The topological polar surface area (TPSA) is 109 Å². The average molecular weight is 488 g/mol. The Bertz CT molecular complexity index is 1400. The lowest BCUT2D eigenvalue weighted by atomic mass is 9.90. The van der Waals surface area contributed by atoms with Crippen molar-refractivity contribution in [1.82, 2.24) is 29.6 Å². The van der Waals surface area contributed by atoms with Crippen LogP contribution in [0.2, 0.25) is 0 Å². The van der Waals surface area contributed by atoms with E-state index in [9.17, 15) is 9.90 Å². The van der Waals surface area contributed by atoms with E-state index in [4.69, 9.17) is 4.98 Å². The maximum Gasteiger partial charge on any atom is 0.258 e. The number of carbonyl (C=O) groups excluding carboxylic acids is 1. The van der Waals surface area contributed by atoms with Crippen LogP contribution < -0.4 is 5.32 Å². The SMILES string of the molecule is CN1CCC(O)(c2cccc(-c3csc(-c4ccnc(Nc5ccn(CC6CC6)n5)n4)n3)c2)C1=O. The molecule has 4 aromatic rings. The number of likely N-dealkylation sites (tertiary alicyclic amines) is 1. The van der Waals surface area contributed by atoms with Gasteiger partial charge in [-0.25, -0.2) is 15.0 Å². The summed E-state index contributed by atoms with van der Waals surface area (Å²) in [5.41, 5.74) is 1.42. The minimum absolute atomic E-state index is 0.271. The van der Waals surface area contributed by atoms with Crippen LogP contribution in [0.3, 0.4) is 0 Å². The number of hydrogen-bond acceptors (Lipinski definition) is 8. The first-order valence-corrected chi connectivity index (χ1v) is 12.5. The Labute approximate surface area is 206 Å². The Kier molecular flexibility index (Phi) is 5.34. The molecular weight excluding hydrogens is 462 g/mol. The highest BCUT2D eigenvalue weighted by Crippen LogP contribution is 2.36. The van der Waals surface area contributed by atoms with Gasteiger partial charge in [0.2, 0.25) is 5.95 Å². The Morgan fingerprint density at radius 1 is 1.20 bits per heavy atom. The smallest absolute Gasteiger partial charge is 0.258 e. The van der Waals surface area contributed by atoms with Gasteiger partial charge in [0.25, 0.3) is 5.91 Å². The summed E-state index contributed by atoms with van der Waals surface area (Å²) in [5, 5.41) is 21.5. The lowest BCUT2D eigenvalue weighted by molar-refractivity contribution is -0.143. The Morgan fingerprint density at radius 3 is 2.89 bits per heavy atom. The molecule has 1 aliphatic carbocycles. The first-order valence-electron chi connectivity index (χ1n) is 11.7. The van der Waals surface area contributed by atoms with Gasteiger partial charge in [0.05, 0.1) is 5.69 Å². The number of thiazole rings is 1. The summed E-state index contributed by atoms with van der Waals surface area (Å²) >= 11 is 1.48. The third-order valence-corrected chi connectivity index (χ3v) is 7.41. The molecule has 4 heterocycles. The Balaban J connectivity index is 1.21. The van der Waals surface area contributed by atoms with Crippen LogP contribution in [-0.2, 0) is 16.9 Å². The van der Waals surface area contributed by atoms with Gasteiger partial charge in [0, 0.05) is 56.0 Å². The molecule has 2 N–H and O–H groups in total. The number of anilines is 2. The Morgan fingerprint density at radius 2 is 2.09 bits per heavy atom. The highest BCUT2D eigenvalue weighted by atomic mass is 32.1. The zero-order chi connectivity index (χ0) is 24.0. The summed E-state index contributed by atoms with van der Waals surface area (Å²) < 4.78 is 1.96. The van der Waals surface area contributed by atoms with Crippen molar-refractivity contribution in [2.75, 3.05) is 18.9 Å². The second-order valence-corrected chi connectivity index (χ2v) is 10.1. The highest BCUT2D eigenvalue weighted by Gasteiger charge is 2.45. The highest BCUT2D eigenvalue weighted by molar-refractivity contribution is 7.13. The van der Waals surface area contributed by atoms with Gasteiger partial charge in [-0.3, -0.25) is 9.48 Å². The van der Waals surface area contributed by atoms with Crippen molar-refractivity contribution in [3.8, 4) is 22.0 Å². The van der Waals surface area contributed by atoms with E-state index in [2.05, 4.69) is 20.4 Å². The molecule has 1 aliphatic heterocycles. The van der Waals surface area contributed by atoms with E-state index in [1.165, 1.54) is 24.2 Å². The summed E-state index contributed by atoms with van der Waals surface area (Å²) in [7, 11) is 1.71. The molecule has 1 atom stereocenters. The minimum atomic E-state index is -1.48. The fourth-order valence-corrected chi connectivity index (χ4v) is 5.13. The van der Waals surface area contributed by atoms with Crippen molar-refractivity contribution >= 4 is 29.0 Å². The molecule has 9 nitrogen and oxygen atoms in total. The molecule has 2 fully saturated rings. The summed E-state index contributed by atoms with van der Waals surface area (Å²) in [4.78, 5) is 27.8. The summed E-state index contributed by atoms with van der Waals surface area (Å²) in [6, 6.07) is 11.2. The lowest BCUT2D eigenvalue weighted by Crippen LogP contribution is -2.36. The molecule has 1 saturated carbocycles. The molecule has 3 aromatic heterocycles. The number of benzene rings is 1. The normalized spacial score (nSPS) is 19.9. The molecule has 0 radical (unpaired) electrons. The van der Waals surface area contributed by atoms with Crippen LogP contribution in [0.25, 0.3) is 22.0 Å². The van der Waals surface area contributed by atoms with E-state index in [0.717, 1.165) is 28.7 Å². The number of rotatable bonds is 7. The van der Waals surface area contributed by atoms with Crippen molar-refractivity contribution in [3.05, 3.63) is 59.7 Å². The van der Waals surface area contributed by atoms with Crippen LogP contribution in [0.5, 0.6) is 0 Å². The fraction of sp³-hybridized carbons (Fsp3) is 0.320. The van der Waals surface area contributed by atoms with Gasteiger partial charge in [-0.05, 0) is 36.5 Å². The average Bonchev–Trinajstić information content (AvgIpc) is 3.25. The largest absolute Gasteiger partial charge is 0.375 e. The van der Waals surface area contributed by atoms with Crippen LogP contribution in [-0.4, -0.2) is 54.2 Å². The predicted molar refractivity (Wildman–Crippen MR) is 133 cm³/mol. The van der Waals surface area contributed by atoms with Gasteiger partial charge in [0.15, 0.2) is 11.4 Å². The van der Waals surface area contributed by atoms with Crippen LogP contribution in [0.4, 0.5) is 11.8 Å². The van der Waals surface area contributed by atoms with Gasteiger partial charge in [-0.1, -0.05) is 18.2 Å². The zero-order valence-electron chi connectivity index (χ0n) is 19.3. The Hall–Kier alpha value is -3.63. The van der Waals surface area contributed by atoms with Gasteiger partial charge in [-0.15, -0.1) is 11.3 Å². The standard InChI is InChI=1S/C25H25N7O2S/c1-31-12-9-25(34,23(31)33)18-4-2-3-17(13-18)20-15-35-22(27-20)19-7-10-26-24(28-19)29-21-8-11-32(30-21)14-16-5-6-16/h2-4,7-8,10-11,13,15-16,34H,5-6,9,12,14H2,1H3,(H,26,28,29,30). The number of amides is 1. The summed E-state index contributed by atoms with van der Waals surface area (Å²) in [6.45, 7) is 1.49. The number of hydrogen-bond donors (Lipinski definition) is 2. The van der Waals surface area contributed by atoms with Crippen molar-refractivity contribution in [2.45, 2.75) is 31.4 Å². The summed E-state index contributed by atoms with van der Waals surface area (Å²) in [6.07, 6.45) is 6.61. The third kappa shape index (κ3) is 4.30. The van der Waals surface area contributed by atoms with Crippen molar-refractivity contribution in [1.29, 1.82) is 0 Å². The van der Waals surface area contributed by atoms with Crippen molar-refractivity contribution in [2.24, 2.45) is 5.92 Å². The molecule has 178 valence electrons. The van der Waals surface area contributed by atoms with Crippen molar-refractivity contribution < 1.29 is 9.90 Å². The number of likely N-dealkylation sites (N-methyl/N-ethyl adjacent to an activating group) is 1. The van der Waals surface area contributed by atoms with E-state index < -0.39 is 5.60 Å². The molecule has 0 bridgehead atoms. The molecule has 0 spiro atoms. The fourth-order valence-electron chi connectivity index (χ4n) is 4.33. The number of aliphatic hydroxyl groups is 1. The van der Waals surface area contributed by atoms with E-state index in [1.54, 1.807) is 24.2 Å². The monoisotopic (exact) mass is 487 g/mol. The van der Waals surface area contributed by atoms with Gasteiger partial charge >= 0.3 is 0 Å². The molecule has 1 aromatic carbocycles. The van der Waals surface area contributed by atoms with Crippen molar-refractivity contribution in [3.63, 3.8) is 0 Å². The first-order chi connectivity index (χ1) is 17.0. The molecule has 1 unspecified atom stereocenters. The minimum Gasteiger partial charge on any atom is -0.375 e. The number of nitrogens with zero attached hydrogens (tertiary/aromatic N) is 6. The molecule has 6 rings (SSSR count). The first kappa shape index (κ1) is 21.9. The molecular formula is C25H25N7O2S. The van der Waals surface area contributed by atoms with Gasteiger partial charge in [-0.2, -0.15) is 5.10 Å². The maximum absolute atomic E-state index is 12.5. The molecule has 2 aliphatic rings. The van der Waals surface area contributed by atoms with E-state index in [-0.39, 0.29) is 5.91 Å². The molecule has 35 heavy (non-hydrogen) atoms. The van der Waals surface area contributed by atoms with E-state index in [0.29, 0.717) is 36.0 Å². The second-order valence-electron chi connectivity index (χ2n) is 9.21. The molecule has 1 saturated heterocycles. The number of carbonyl (C=O) groups is 1. The van der Waals surface area contributed by atoms with Crippen LogP contribution in [0.15, 0.2) is 54.2 Å². The third-order valence-electron chi connectivity index (χ3n) is 6.55. The van der Waals surface area contributed by atoms with Gasteiger partial charge < -0.3 is 15.3 Å². The van der Waals surface area contributed by atoms with E-state index in [1.807, 2.05) is 46.6 Å². The lowest BCUT2D eigenvalue weighted by Gasteiger charge is -2.21. The van der Waals surface area contributed by atoms with Crippen LogP contribution in [0.1, 0.15) is 24.8 Å². The summed E-state index contributed by atoms with van der Waals surface area (Å²) in [5.74, 6) is 1.66. The number of nitrogens with one attached hydrogen (secondary N) is 1. The number of aromatic nitrogens is 5.